The zero-order valence-corrected chi connectivity index (χ0v) is 8.66. The summed E-state index contributed by atoms with van der Waals surface area (Å²) in [5.41, 5.74) is 1.11. The molecule has 0 saturated carbocycles. The van der Waals surface area contributed by atoms with E-state index in [9.17, 15) is 0 Å². The molecule has 0 spiro atoms. The highest BCUT2D eigenvalue weighted by Gasteiger charge is 2.16. The van der Waals surface area contributed by atoms with Crippen molar-refractivity contribution in [2.45, 2.75) is 6.10 Å². The van der Waals surface area contributed by atoms with Crippen molar-refractivity contribution in [1.82, 2.24) is 4.98 Å². The summed E-state index contributed by atoms with van der Waals surface area (Å²) < 4.78 is 11.7. The van der Waals surface area contributed by atoms with Crippen LogP contribution in [0, 0.1) is 0 Å². The summed E-state index contributed by atoms with van der Waals surface area (Å²) in [7, 11) is 0. The second kappa shape index (κ2) is 4.17. The zero-order valence-electron chi connectivity index (χ0n) is 7.07. The summed E-state index contributed by atoms with van der Waals surface area (Å²) in [6, 6.07) is 3.91. The number of hydrogen-bond acceptors (Lipinski definition) is 3. The molecule has 1 saturated heterocycles. The van der Waals surface area contributed by atoms with Gasteiger partial charge in [0.25, 0.3) is 0 Å². The number of hydrogen-bond donors (Lipinski definition) is 0. The van der Waals surface area contributed by atoms with Crippen LogP contribution in [0.25, 0.3) is 0 Å². The maximum absolute atomic E-state index is 5.55. The second-order valence-corrected chi connectivity index (χ2v) is 3.66. The molecule has 0 aromatic carbocycles. The van der Waals surface area contributed by atoms with E-state index >= 15 is 0 Å². The largest absolute Gasteiger partial charge is 0.376 e. The fraction of sp³-hybridized carbons (Fsp3) is 0.444. The predicted molar refractivity (Wildman–Crippen MR) is 51.4 cm³/mol. The highest BCUT2D eigenvalue weighted by Crippen LogP contribution is 2.21. The van der Waals surface area contributed by atoms with E-state index in [-0.39, 0.29) is 6.10 Å². The van der Waals surface area contributed by atoms with Gasteiger partial charge >= 0.3 is 0 Å². The van der Waals surface area contributed by atoms with Crippen molar-refractivity contribution in [3.8, 4) is 0 Å². The van der Waals surface area contributed by atoms with Crippen LogP contribution in [0.15, 0.2) is 22.9 Å². The molecule has 70 valence electrons. The van der Waals surface area contributed by atoms with Gasteiger partial charge in [0.05, 0.1) is 19.8 Å². The molecule has 13 heavy (non-hydrogen) atoms. The third-order valence-corrected chi connectivity index (χ3v) is 2.37. The van der Waals surface area contributed by atoms with E-state index in [0.29, 0.717) is 19.8 Å². The molecule has 1 aromatic heterocycles. The molecule has 1 atom stereocenters. The third kappa shape index (κ3) is 2.27. The first kappa shape index (κ1) is 9.12. The molecule has 1 unspecified atom stereocenters. The smallest absolute Gasteiger partial charge is 0.106 e. The maximum atomic E-state index is 5.55. The van der Waals surface area contributed by atoms with Crippen molar-refractivity contribution >= 4 is 15.9 Å². The first-order valence-corrected chi connectivity index (χ1v) is 4.96. The standard InChI is InChI=1S/C9H10BrNO2/c10-9-5-7(1-2-11-9)8-6-12-3-4-13-8/h1-2,5,8H,3-4,6H2. The Morgan fingerprint density at radius 1 is 1.46 bits per heavy atom. The monoisotopic (exact) mass is 243 g/mol. The Morgan fingerprint density at radius 3 is 3.08 bits per heavy atom. The molecule has 3 nitrogen and oxygen atoms in total. The first-order valence-electron chi connectivity index (χ1n) is 4.17. The van der Waals surface area contributed by atoms with Crippen molar-refractivity contribution in [2.75, 3.05) is 19.8 Å². The molecule has 2 heterocycles. The minimum absolute atomic E-state index is 0.0630. The van der Waals surface area contributed by atoms with Gasteiger partial charge in [-0.15, -0.1) is 0 Å². The van der Waals surface area contributed by atoms with Gasteiger partial charge in [0.2, 0.25) is 0 Å². The molecule has 1 aliphatic rings. The topological polar surface area (TPSA) is 31.4 Å². The molecular formula is C9H10BrNO2. The highest BCUT2D eigenvalue weighted by atomic mass is 79.9. The van der Waals surface area contributed by atoms with Crippen molar-refractivity contribution in [3.05, 3.63) is 28.5 Å². The van der Waals surface area contributed by atoms with E-state index in [0.717, 1.165) is 10.2 Å². The molecule has 0 N–H and O–H groups in total. The van der Waals surface area contributed by atoms with Gasteiger partial charge in [0, 0.05) is 6.20 Å². The summed E-state index contributed by atoms with van der Waals surface area (Å²) in [5.74, 6) is 0. The van der Waals surface area contributed by atoms with E-state index < -0.39 is 0 Å². The van der Waals surface area contributed by atoms with Crippen LogP contribution in [0.2, 0.25) is 0 Å². The Balaban J connectivity index is 2.14. The molecular weight excluding hydrogens is 234 g/mol. The van der Waals surface area contributed by atoms with Crippen LogP contribution >= 0.6 is 15.9 Å². The molecule has 1 fully saturated rings. The summed E-state index contributed by atoms with van der Waals surface area (Å²) in [5, 5.41) is 0. The zero-order chi connectivity index (χ0) is 9.10. The van der Waals surface area contributed by atoms with Gasteiger partial charge in [-0.1, -0.05) is 0 Å². The van der Waals surface area contributed by atoms with Crippen LogP contribution < -0.4 is 0 Å². The van der Waals surface area contributed by atoms with Gasteiger partial charge in [-0.25, -0.2) is 4.98 Å². The van der Waals surface area contributed by atoms with Crippen molar-refractivity contribution in [3.63, 3.8) is 0 Å². The van der Waals surface area contributed by atoms with Crippen LogP contribution in [0.3, 0.4) is 0 Å². The van der Waals surface area contributed by atoms with E-state index in [1.807, 2.05) is 12.1 Å². The van der Waals surface area contributed by atoms with Crippen molar-refractivity contribution in [2.24, 2.45) is 0 Å². The summed E-state index contributed by atoms with van der Waals surface area (Å²) in [6.45, 7) is 2.00. The lowest BCUT2D eigenvalue weighted by Gasteiger charge is -2.23. The van der Waals surface area contributed by atoms with Crippen LogP contribution in [0.4, 0.5) is 0 Å². The lowest BCUT2D eigenvalue weighted by atomic mass is 10.1. The predicted octanol–water partition coefficient (Wildman–Crippen LogP) is 1.93. The minimum Gasteiger partial charge on any atom is -0.376 e. The lowest BCUT2D eigenvalue weighted by Crippen LogP contribution is -2.21. The normalized spacial score (nSPS) is 23.0. The van der Waals surface area contributed by atoms with Crippen LogP contribution in [-0.2, 0) is 9.47 Å². The quantitative estimate of drug-likeness (QED) is 0.707. The first-order chi connectivity index (χ1) is 6.36. The van der Waals surface area contributed by atoms with E-state index in [1.54, 1.807) is 6.20 Å². The van der Waals surface area contributed by atoms with E-state index in [2.05, 4.69) is 20.9 Å². The molecule has 0 amide bonds. The van der Waals surface area contributed by atoms with E-state index in [1.165, 1.54) is 0 Å². The van der Waals surface area contributed by atoms with Gasteiger partial charge < -0.3 is 9.47 Å². The third-order valence-electron chi connectivity index (χ3n) is 1.94. The van der Waals surface area contributed by atoms with Gasteiger partial charge in [0.15, 0.2) is 0 Å². The van der Waals surface area contributed by atoms with Crippen LogP contribution in [0.5, 0.6) is 0 Å². The number of halogens is 1. The van der Waals surface area contributed by atoms with Gasteiger partial charge in [-0.3, -0.25) is 0 Å². The minimum atomic E-state index is 0.0630. The Hall–Kier alpha value is -0.450. The van der Waals surface area contributed by atoms with E-state index in [4.69, 9.17) is 9.47 Å². The van der Waals surface area contributed by atoms with Gasteiger partial charge in [-0.2, -0.15) is 0 Å². The maximum Gasteiger partial charge on any atom is 0.106 e. The summed E-state index contributed by atoms with van der Waals surface area (Å²) >= 11 is 3.32. The Morgan fingerprint density at radius 2 is 2.38 bits per heavy atom. The van der Waals surface area contributed by atoms with Gasteiger partial charge in [0.1, 0.15) is 10.7 Å². The van der Waals surface area contributed by atoms with Crippen LogP contribution in [-0.4, -0.2) is 24.8 Å². The highest BCUT2D eigenvalue weighted by molar-refractivity contribution is 9.10. The average molecular weight is 244 g/mol. The molecule has 1 aliphatic heterocycles. The molecule has 4 heteroatoms. The molecule has 0 radical (unpaired) electrons. The number of pyridine rings is 1. The van der Waals surface area contributed by atoms with Crippen molar-refractivity contribution < 1.29 is 9.47 Å². The Bertz CT molecular complexity index is 287. The molecule has 2 rings (SSSR count). The van der Waals surface area contributed by atoms with Gasteiger partial charge in [-0.05, 0) is 33.6 Å². The fourth-order valence-electron chi connectivity index (χ4n) is 1.30. The number of nitrogens with zero attached hydrogens (tertiary/aromatic N) is 1. The van der Waals surface area contributed by atoms with Crippen molar-refractivity contribution in [1.29, 1.82) is 0 Å². The Kier molecular flexibility index (Phi) is 2.93. The summed E-state index contributed by atoms with van der Waals surface area (Å²) in [4.78, 5) is 4.05. The second-order valence-electron chi connectivity index (χ2n) is 2.85. The SMILES string of the molecule is Brc1cc(C2COCCO2)ccn1. The molecule has 1 aromatic rings. The Labute approximate surface area is 85.2 Å². The average Bonchev–Trinajstić information content (AvgIpc) is 2.19. The lowest BCUT2D eigenvalue weighted by molar-refractivity contribution is -0.0901. The fourth-order valence-corrected chi connectivity index (χ4v) is 1.68. The number of ether oxygens (including phenoxy) is 2. The van der Waals surface area contributed by atoms with Crippen LogP contribution in [0.1, 0.15) is 11.7 Å². The number of rotatable bonds is 1. The number of aromatic nitrogens is 1. The molecule has 0 aliphatic carbocycles. The molecule has 0 bridgehead atoms. The summed E-state index contributed by atoms with van der Waals surface area (Å²) in [6.07, 6.45) is 1.82.